The highest BCUT2D eigenvalue weighted by Gasteiger charge is 2.45. The zero-order chi connectivity index (χ0) is 35.9. The van der Waals surface area contributed by atoms with E-state index in [0.29, 0.717) is 66.3 Å². The molecule has 9 nitrogen and oxygen atoms in total. The Morgan fingerprint density at radius 1 is 1.08 bits per heavy atom. The van der Waals surface area contributed by atoms with E-state index < -0.39 is 18.4 Å². The highest BCUT2D eigenvalue weighted by atomic mass is 19.1. The van der Waals surface area contributed by atoms with Crippen LogP contribution in [0.25, 0.3) is 27.7 Å². The van der Waals surface area contributed by atoms with Gasteiger partial charge in [-0.25, -0.2) is 13.8 Å². The molecular weight excluding hydrogens is 650 g/mol. The van der Waals surface area contributed by atoms with Gasteiger partial charge in [0.25, 0.3) is 0 Å². The van der Waals surface area contributed by atoms with E-state index in [1.807, 2.05) is 13.8 Å². The van der Waals surface area contributed by atoms with Crippen molar-refractivity contribution >= 4 is 22.3 Å². The second kappa shape index (κ2) is 14.4. The second-order valence-electron chi connectivity index (χ2n) is 14.7. The predicted molar refractivity (Wildman–Crippen MR) is 196 cm³/mol. The molecule has 1 N–H and O–H groups in total. The van der Waals surface area contributed by atoms with Crippen LogP contribution in [-0.2, 0) is 12.8 Å². The van der Waals surface area contributed by atoms with Crippen molar-refractivity contribution in [2.45, 2.75) is 78.2 Å². The molecule has 2 aromatic heterocycles. The number of fused-ring (bicyclic) bond motifs is 2. The smallest absolute Gasteiger partial charge is 0.319 e. The van der Waals surface area contributed by atoms with Crippen molar-refractivity contribution in [1.29, 1.82) is 0 Å². The fourth-order valence-electron chi connectivity index (χ4n) is 8.15. The van der Waals surface area contributed by atoms with Gasteiger partial charge >= 0.3 is 6.01 Å². The average molecular weight is 699 g/mol. The zero-order valence-electron chi connectivity index (χ0n) is 30.0. The number of aryl methyl sites for hydroxylation is 2. The molecule has 0 amide bonds. The topological polar surface area (TPSA) is 87.1 Å². The molecule has 3 aromatic rings. The molecule has 3 fully saturated rings. The first kappa shape index (κ1) is 35.1. The van der Waals surface area contributed by atoms with E-state index >= 15 is 8.78 Å². The third-order valence-corrected chi connectivity index (χ3v) is 11.0. The standard InChI is InChI=1S/C40H48F2N6O3/c1-6-29-31(41)12-11-27-19-28(51-24-49)20-30(33(27)29)36-35(42)37-34(32(7-2)43-36)38(47-17-18-48(25(3)4)26(5)21-47)45-39(44-37)50-23-40(13-14-40)22-46-15-9-8-10-16-46/h1,19-20,26,49H,3,7-18,21-24H2,2,4-5H3. The number of hydrogen-bond acceptors (Lipinski definition) is 9. The average Bonchev–Trinajstić information content (AvgIpc) is 3.90. The molecule has 1 unspecified atom stereocenters. The lowest BCUT2D eigenvalue weighted by Crippen LogP contribution is -2.51. The number of allylic oxidation sites excluding steroid dienone is 3. The molecule has 1 aromatic carbocycles. The minimum atomic E-state index is -0.676. The summed E-state index contributed by atoms with van der Waals surface area (Å²) >= 11 is 0. The number of aromatic nitrogens is 3. The Bertz CT molecular complexity index is 1910. The first-order valence-corrected chi connectivity index (χ1v) is 18.3. The van der Waals surface area contributed by atoms with Gasteiger partial charge in [-0.3, -0.25) is 0 Å². The first-order valence-electron chi connectivity index (χ1n) is 18.3. The van der Waals surface area contributed by atoms with Crippen molar-refractivity contribution in [3.8, 4) is 35.4 Å². The van der Waals surface area contributed by atoms with Gasteiger partial charge in [0.2, 0.25) is 0 Å². The fourth-order valence-corrected chi connectivity index (χ4v) is 8.15. The van der Waals surface area contributed by atoms with Crippen molar-refractivity contribution in [1.82, 2.24) is 24.8 Å². The van der Waals surface area contributed by atoms with Gasteiger partial charge in [0, 0.05) is 60.9 Å². The molecule has 0 radical (unpaired) electrons. The van der Waals surface area contributed by atoms with Crippen molar-refractivity contribution in [3.63, 3.8) is 0 Å². The number of halogens is 2. The number of benzene rings is 1. The number of terminal acetylenes is 1. The monoisotopic (exact) mass is 698 g/mol. The molecular formula is C40H48F2N6O3. The van der Waals surface area contributed by atoms with Crippen molar-refractivity contribution < 1.29 is 23.4 Å². The predicted octanol–water partition coefficient (Wildman–Crippen LogP) is 6.67. The summed E-state index contributed by atoms with van der Waals surface area (Å²) in [7, 11) is 0. The van der Waals surface area contributed by atoms with Gasteiger partial charge in [-0.1, -0.05) is 25.8 Å². The van der Waals surface area contributed by atoms with E-state index in [-0.39, 0.29) is 46.2 Å². The van der Waals surface area contributed by atoms with Gasteiger partial charge in [-0.15, -0.1) is 6.42 Å². The number of pyridine rings is 1. The van der Waals surface area contributed by atoms with Crippen LogP contribution < -0.4 is 14.4 Å². The van der Waals surface area contributed by atoms with Crippen LogP contribution in [0.15, 0.2) is 30.2 Å². The molecule has 4 aliphatic rings. The molecule has 0 bridgehead atoms. The molecule has 1 atom stereocenters. The summed E-state index contributed by atoms with van der Waals surface area (Å²) in [5.74, 6) is 2.29. The Hall–Kier alpha value is -4.27. The number of piperidine rings is 1. The Balaban J connectivity index is 1.36. The Kier molecular flexibility index (Phi) is 9.92. The van der Waals surface area contributed by atoms with Crippen LogP contribution in [0.5, 0.6) is 11.8 Å². The van der Waals surface area contributed by atoms with Crippen LogP contribution in [0.3, 0.4) is 0 Å². The second-order valence-corrected chi connectivity index (χ2v) is 14.7. The molecule has 270 valence electrons. The molecule has 1 saturated carbocycles. The summed E-state index contributed by atoms with van der Waals surface area (Å²) in [5.41, 5.74) is 3.20. The molecule has 2 saturated heterocycles. The summed E-state index contributed by atoms with van der Waals surface area (Å²) in [6.07, 6.45) is 12.7. The van der Waals surface area contributed by atoms with Crippen molar-refractivity contribution in [3.05, 3.63) is 52.9 Å². The lowest BCUT2D eigenvalue weighted by Gasteiger charge is -2.42. The van der Waals surface area contributed by atoms with E-state index in [2.05, 4.69) is 34.1 Å². The van der Waals surface area contributed by atoms with Crippen LogP contribution in [0.1, 0.15) is 76.1 Å². The minimum absolute atomic E-state index is 0.0127. The van der Waals surface area contributed by atoms with E-state index in [9.17, 15) is 5.11 Å². The van der Waals surface area contributed by atoms with E-state index in [4.69, 9.17) is 30.8 Å². The first-order chi connectivity index (χ1) is 24.6. The number of ether oxygens (including phenoxy) is 2. The van der Waals surface area contributed by atoms with E-state index in [1.54, 1.807) is 12.1 Å². The van der Waals surface area contributed by atoms with Gasteiger partial charge in [0.1, 0.15) is 28.6 Å². The highest BCUT2D eigenvalue weighted by molar-refractivity contribution is 5.97. The Morgan fingerprint density at radius 2 is 1.86 bits per heavy atom. The number of nitrogens with zero attached hydrogens (tertiary/aromatic N) is 6. The van der Waals surface area contributed by atoms with Gasteiger partial charge < -0.3 is 29.3 Å². The lowest BCUT2D eigenvalue weighted by atomic mass is 9.85. The maximum atomic E-state index is 17.3. The number of hydrogen-bond donors (Lipinski definition) is 1. The van der Waals surface area contributed by atoms with Gasteiger partial charge in [0.05, 0.1) is 23.3 Å². The highest BCUT2D eigenvalue weighted by Crippen LogP contribution is 2.47. The number of aliphatic hydroxyl groups excluding tert-OH is 1. The molecule has 4 heterocycles. The summed E-state index contributed by atoms with van der Waals surface area (Å²) in [6, 6.07) is 3.56. The Labute approximate surface area is 299 Å². The van der Waals surface area contributed by atoms with Crippen LogP contribution in [0, 0.1) is 23.6 Å². The molecule has 2 aliphatic heterocycles. The van der Waals surface area contributed by atoms with Crippen LogP contribution in [0.4, 0.5) is 14.6 Å². The Morgan fingerprint density at radius 3 is 2.53 bits per heavy atom. The van der Waals surface area contributed by atoms with Gasteiger partial charge in [-0.2, -0.15) is 9.97 Å². The molecule has 51 heavy (non-hydrogen) atoms. The SMILES string of the molecule is C#CC1=C(F)CCc2cc(OCO)cc(-c3nc(CC)c4c(N5CCN(C(=C)C)C(C)C5)nc(OCC5(CN6CCCCC6)CC5)nc4c3F)c21. The van der Waals surface area contributed by atoms with Crippen molar-refractivity contribution in [2.75, 3.05) is 57.6 Å². The van der Waals surface area contributed by atoms with Crippen molar-refractivity contribution in [2.24, 2.45) is 5.41 Å². The third-order valence-electron chi connectivity index (χ3n) is 11.0. The molecule has 2 aliphatic carbocycles. The number of likely N-dealkylation sites (tertiary alicyclic amines) is 1. The molecule has 11 heteroatoms. The molecule has 0 spiro atoms. The largest absolute Gasteiger partial charge is 0.468 e. The zero-order valence-corrected chi connectivity index (χ0v) is 30.0. The summed E-state index contributed by atoms with van der Waals surface area (Å²) in [5, 5.41) is 10.1. The van der Waals surface area contributed by atoms with E-state index in [0.717, 1.165) is 44.7 Å². The summed E-state index contributed by atoms with van der Waals surface area (Å²) < 4.78 is 44.5. The molecule has 7 rings (SSSR count). The lowest BCUT2D eigenvalue weighted by molar-refractivity contribution is 0.0985. The van der Waals surface area contributed by atoms with E-state index in [1.165, 1.54) is 19.3 Å². The van der Waals surface area contributed by atoms with Gasteiger partial charge in [-0.05, 0) is 83.2 Å². The maximum Gasteiger partial charge on any atom is 0.319 e. The van der Waals surface area contributed by atoms with Crippen LogP contribution in [0.2, 0.25) is 0 Å². The summed E-state index contributed by atoms with van der Waals surface area (Å²) in [6.45, 7) is 15.4. The fraction of sp³-hybridized carbons (Fsp3) is 0.525. The summed E-state index contributed by atoms with van der Waals surface area (Å²) in [4.78, 5) is 21.7. The quantitative estimate of drug-likeness (QED) is 0.174. The van der Waals surface area contributed by atoms with Gasteiger partial charge in [0.15, 0.2) is 12.6 Å². The minimum Gasteiger partial charge on any atom is -0.468 e. The number of rotatable bonds is 11. The maximum absolute atomic E-state index is 17.3. The number of piperazine rings is 1. The third kappa shape index (κ3) is 6.88. The number of aliphatic hydroxyl groups is 1. The van der Waals surface area contributed by atoms with Crippen LogP contribution in [-0.4, -0.2) is 88.6 Å². The van der Waals surface area contributed by atoms with Crippen LogP contribution >= 0.6 is 0 Å². The normalized spacial score (nSPS) is 20.3. The number of anilines is 1.